The highest BCUT2D eigenvalue weighted by Gasteiger charge is 2.44. The molecule has 24 heavy (non-hydrogen) atoms. The minimum atomic E-state index is -0.0539. The Bertz CT molecular complexity index is 909. The minimum absolute atomic E-state index is 0.0539. The van der Waals surface area contributed by atoms with Crippen molar-refractivity contribution in [3.05, 3.63) is 100 Å². The van der Waals surface area contributed by atoms with Gasteiger partial charge in [0.1, 0.15) is 0 Å². The molecular weight excluding hydrogens is 290 g/mol. The molecule has 120 valence electrons. The summed E-state index contributed by atoms with van der Waals surface area (Å²) >= 11 is 0. The normalized spacial score (nSPS) is 18.8. The number of rotatable bonds is 2. The van der Waals surface area contributed by atoms with Gasteiger partial charge in [-0.2, -0.15) is 4.57 Å². The number of pyridine rings is 1. The molecule has 0 unspecified atom stereocenters. The lowest BCUT2D eigenvalue weighted by molar-refractivity contribution is -0.759. The average Bonchev–Trinajstić information content (AvgIpc) is 2.57. The molecule has 0 amide bonds. The van der Waals surface area contributed by atoms with Gasteiger partial charge in [-0.05, 0) is 36.1 Å². The minimum Gasteiger partial charge on any atom is -0.192 e. The molecule has 0 bridgehead atoms. The summed E-state index contributed by atoms with van der Waals surface area (Å²) in [5.74, 6) is 0. The summed E-state index contributed by atoms with van der Waals surface area (Å²) in [6.07, 6.45) is 4.28. The van der Waals surface area contributed by atoms with Gasteiger partial charge in [-0.1, -0.05) is 48.5 Å². The number of fused-ring (bicyclic) bond motifs is 2. The molecule has 2 aromatic carbocycles. The van der Waals surface area contributed by atoms with E-state index in [4.69, 9.17) is 0 Å². The molecule has 1 aliphatic heterocycles. The molecule has 4 rings (SSSR count). The second-order valence-corrected chi connectivity index (χ2v) is 7.22. The highest BCUT2D eigenvalue weighted by Crippen LogP contribution is 2.35. The van der Waals surface area contributed by atoms with E-state index in [9.17, 15) is 0 Å². The molecule has 1 aromatic heterocycles. The van der Waals surface area contributed by atoms with Crippen molar-refractivity contribution in [2.45, 2.75) is 39.2 Å². The van der Waals surface area contributed by atoms with Crippen molar-refractivity contribution in [3.8, 4) is 0 Å². The highest BCUT2D eigenvalue weighted by molar-refractivity contribution is 5.43. The average molecular weight is 314 g/mol. The maximum Gasteiger partial charge on any atom is 0.195 e. The Morgan fingerprint density at radius 1 is 0.875 bits per heavy atom. The van der Waals surface area contributed by atoms with Crippen molar-refractivity contribution >= 4 is 0 Å². The van der Waals surface area contributed by atoms with Crippen molar-refractivity contribution in [1.29, 1.82) is 0 Å². The van der Waals surface area contributed by atoms with Crippen LogP contribution in [-0.4, -0.2) is 0 Å². The van der Waals surface area contributed by atoms with Crippen molar-refractivity contribution in [3.63, 3.8) is 0 Å². The van der Waals surface area contributed by atoms with Crippen LogP contribution in [0.5, 0.6) is 0 Å². The van der Waals surface area contributed by atoms with Gasteiger partial charge in [0.15, 0.2) is 17.4 Å². The Balaban J connectivity index is 1.95. The number of aryl methyl sites for hydroxylation is 2. The third kappa shape index (κ3) is 2.27. The van der Waals surface area contributed by atoms with Crippen LogP contribution in [0, 0.1) is 13.8 Å². The monoisotopic (exact) mass is 314 g/mol. The van der Waals surface area contributed by atoms with E-state index in [1.54, 1.807) is 0 Å². The van der Waals surface area contributed by atoms with Crippen molar-refractivity contribution < 1.29 is 4.57 Å². The maximum atomic E-state index is 2.49. The number of nitrogens with zero attached hydrogens (tertiary/aromatic N) is 1. The van der Waals surface area contributed by atoms with Crippen LogP contribution in [0.3, 0.4) is 0 Å². The predicted octanol–water partition coefficient (Wildman–Crippen LogP) is 4.50. The summed E-state index contributed by atoms with van der Waals surface area (Å²) in [5, 5.41) is 0. The first-order valence-electron chi connectivity index (χ1n) is 8.73. The fourth-order valence-electron chi connectivity index (χ4n) is 4.42. The van der Waals surface area contributed by atoms with E-state index in [-0.39, 0.29) is 5.54 Å². The number of aromatic nitrogens is 1. The lowest BCUT2D eigenvalue weighted by Gasteiger charge is -2.34. The summed E-state index contributed by atoms with van der Waals surface area (Å²) in [4.78, 5) is 0. The van der Waals surface area contributed by atoms with Gasteiger partial charge in [-0.3, -0.25) is 0 Å². The van der Waals surface area contributed by atoms with Crippen molar-refractivity contribution in [2.75, 3.05) is 0 Å². The first-order chi connectivity index (χ1) is 11.6. The first-order valence-corrected chi connectivity index (χ1v) is 8.73. The molecule has 2 heterocycles. The summed E-state index contributed by atoms with van der Waals surface area (Å²) < 4.78 is 2.49. The molecule has 0 saturated heterocycles. The molecular formula is C23H24N+. The Kier molecular flexibility index (Phi) is 3.53. The Hall–Kier alpha value is -2.41. The van der Waals surface area contributed by atoms with Crippen LogP contribution < -0.4 is 4.57 Å². The van der Waals surface area contributed by atoms with Crippen molar-refractivity contribution in [1.82, 2.24) is 0 Å². The van der Waals surface area contributed by atoms with E-state index in [2.05, 4.69) is 92.2 Å². The van der Waals surface area contributed by atoms with Crippen LogP contribution in [0.1, 0.15) is 40.4 Å². The van der Waals surface area contributed by atoms with E-state index in [1.807, 2.05) is 0 Å². The van der Waals surface area contributed by atoms with E-state index in [0.29, 0.717) is 0 Å². The fourth-order valence-corrected chi connectivity index (χ4v) is 4.42. The fraction of sp³-hybridized carbons (Fsp3) is 0.261. The van der Waals surface area contributed by atoms with Gasteiger partial charge in [-0.25, -0.2) is 0 Å². The molecule has 3 aromatic rings. The molecule has 0 radical (unpaired) electrons. The Morgan fingerprint density at radius 3 is 2.46 bits per heavy atom. The quantitative estimate of drug-likeness (QED) is 0.613. The van der Waals surface area contributed by atoms with Crippen LogP contribution >= 0.6 is 0 Å². The van der Waals surface area contributed by atoms with Gasteiger partial charge >= 0.3 is 0 Å². The van der Waals surface area contributed by atoms with E-state index < -0.39 is 0 Å². The second kappa shape index (κ2) is 5.59. The molecule has 0 N–H and O–H groups in total. The van der Waals surface area contributed by atoms with Gasteiger partial charge < -0.3 is 0 Å². The molecule has 0 aliphatic carbocycles. The Labute approximate surface area is 144 Å². The second-order valence-electron chi connectivity index (χ2n) is 7.22. The molecule has 1 aliphatic rings. The standard InChI is InChI=1S/C23H24N/c1-17-9-4-5-11-20(17)16-23(3)22-18(2)10-8-12-19(22)15-21-13-6-7-14-24(21)23/h4-14H,15-16H2,1-3H3/q+1/t23-/m0/s1. The first kappa shape index (κ1) is 15.1. The zero-order valence-electron chi connectivity index (χ0n) is 14.7. The van der Waals surface area contributed by atoms with E-state index in [1.165, 1.54) is 33.5 Å². The maximum absolute atomic E-state index is 2.49. The van der Waals surface area contributed by atoms with Gasteiger partial charge in [-0.15, -0.1) is 0 Å². The third-order valence-electron chi connectivity index (χ3n) is 5.54. The highest BCUT2D eigenvalue weighted by atomic mass is 15.1. The molecule has 0 spiro atoms. The van der Waals surface area contributed by atoms with E-state index in [0.717, 1.165) is 12.8 Å². The molecule has 0 fully saturated rings. The summed E-state index contributed by atoms with van der Waals surface area (Å²) in [7, 11) is 0. The van der Waals surface area contributed by atoms with Crippen molar-refractivity contribution in [2.24, 2.45) is 0 Å². The Morgan fingerprint density at radius 2 is 1.62 bits per heavy atom. The SMILES string of the molecule is Cc1ccccc1C[C@@]1(C)c2c(C)cccc2Cc2cccc[n+]21. The molecule has 1 nitrogen and oxygen atoms in total. The van der Waals surface area contributed by atoms with E-state index >= 15 is 0 Å². The molecule has 1 heteroatoms. The number of benzene rings is 2. The largest absolute Gasteiger partial charge is 0.195 e. The predicted molar refractivity (Wildman–Crippen MR) is 98.3 cm³/mol. The number of hydrogen-bond donors (Lipinski definition) is 0. The summed E-state index contributed by atoms with van der Waals surface area (Å²) in [6.45, 7) is 6.87. The van der Waals surface area contributed by atoms with Gasteiger partial charge in [0.25, 0.3) is 0 Å². The van der Waals surface area contributed by atoms with Crippen LogP contribution in [-0.2, 0) is 18.4 Å². The zero-order chi connectivity index (χ0) is 16.7. The van der Waals surface area contributed by atoms with Gasteiger partial charge in [0.05, 0.1) is 6.42 Å². The summed E-state index contributed by atoms with van der Waals surface area (Å²) in [5.41, 5.74) is 8.50. The van der Waals surface area contributed by atoms with Crippen LogP contribution in [0.25, 0.3) is 0 Å². The van der Waals surface area contributed by atoms with Gasteiger partial charge in [0.2, 0.25) is 0 Å². The van der Waals surface area contributed by atoms with Crippen LogP contribution in [0.2, 0.25) is 0 Å². The smallest absolute Gasteiger partial charge is 0.192 e. The van der Waals surface area contributed by atoms with Crippen LogP contribution in [0.4, 0.5) is 0 Å². The molecule has 1 atom stereocenters. The topological polar surface area (TPSA) is 3.88 Å². The third-order valence-corrected chi connectivity index (χ3v) is 5.54. The molecule has 0 saturated carbocycles. The number of hydrogen-bond acceptors (Lipinski definition) is 0. The lowest BCUT2D eigenvalue weighted by Crippen LogP contribution is -2.61. The lowest BCUT2D eigenvalue weighted by atomic mass is 9.76. The zero-order valence-corrected chi connectivity index (χ0v) is 14.7. The van der Waals surface area contributed by atoms with Crippen LogP contribution in [0.15, 0.2) is 66.9 Å². The van der Waals surface area contributed by atoms with Gasteiger partial charge in [0, 0.05) is 31.0 Å². The summed E-state index contributed by atoms with van der Waals surface area (Å²) in [6, 6.07) is 22.1.